The van der Waals surface area contributed by atoms with E-state index in [1.54, 1.807) is 0 Å². The molecule has 9 aromatic carbocycles. The lowest BCUT2D eigenvalue weighted by atomic mass is 9.95. The van der Waals surface area contributed by atoms with E-state index < -0.39 is 0 Å². The first kappa shape index (κ1) is 32.2. The molecule has 0 saturated heterocycles. The number of para-hydroxylation sites is 1. The number of furan rings is 1. The molecule has 1 heteroatoms. The zero-order valence-electron chi connectivity index (χ0n) is 29.7. The molecule has 0 aliphatic carbocycles. The molecule has 0 aliphatic heterocycles. The van der Waals surface area contributed by atoms with Gasteiger partial charge in [0.05, 0.1) is 0 Å². The van der Waals surface area contributed by atoms with Gasteiger partial charge in [0.1, 0.15) is 11.2 Å². The maximum absolute atomic E-state index is 6.72. The number of fused-ring (bicyclic) bond motifs is 8. The van der Waals surface area contributed by atoms with Crippen LogP contribution in [0, 0.1) is 6.92 Å². The Balaban J connectivity index is 0.000000166. The van der Waals surface area contributed by atoms with Crippen LogP contribution in [0.4, 0.5) is 0 Å². The van der Waals surface area contributed by atoms with Crippen LogP contribution in [0.1, 0.15) is 16.7 Å². The summed E-state index contributed by atoms with van der Waals surface area (Å²) >= 11 is 0. The molecule has 0 aliphatic rings. The summed E-state index contributed by atoms with van der Waals surface area (Å²) < 4.78 is 6.72. The van der Waals surface area contributed by atoms with Gasteiger partial charge in [-0.05, 0) is 74.5 Å². The summed E-state index contributed by atoms with van der Waals surface area (Å²) in [6.45, 7) is 2.14. The summed E-state index contributed by atoms with van der Waals surface area (Å²) in [4.78, 5) is 0. The van der Waals surface area contributed by atoms with E-state index in [-0.39, 0.29) is 0 Å². The Morgan fingerprint density at radius 1 is 0.340 bits per heavy atom. The molecule has 1 heterocycles. The van der Waals surface area contributed by atoms with Crippen molar-refractivity contribution in [1.82, 2.24) is 0 Å². The van der Waals surface area contributed by atoms with Gasteiger partial charge in [-0.15, -0.1) is 0 Å². The number of hydrogen-bond acceptors (Lipinski definition) is 1. The topological polar surface area (TPSA) is 13.1 Å². The molecular formula is C52H38O. The second-order valence-electron chi connectivity index (χ2n) is 13.8. The first-order valence-corrected chi connectivity index (χ1v) is 18.3. The van der Waals surface area contributed by atoms with Gasteiger partial charge in [-0.3, -0.25) is 0 Å². The summed E-state index contributed by atoms with van der Waals surface area (Å²) in [7, 11) is 0. The van der Waals surface area contributed by atoms with Gasteiger partial charge in [0.15, 0.2) is 0 Å². The molecule has 0 radical (unpaired) electrons. The van der Waals surface area contributed by atoms with E-state index in [0.29, 0.717) is 0 Å². The number of aryl methyl sites for hydroxylation is 1. The summed E-state index contributed by atoms with van der Waals surface area (Å²) in [6, 6.07) is 71.1. The SMILES string of the molecule is Cc1cccc(-c2cccc(-c3cccc4c3oc3c5ccccc5c5ccccc5c43)c2)c1.c1ccc(Cc2ccc(-c3ccccc3)cc2)cc1. The predicted molar refractivity (Wildman–Crippen MR) is 225 cm³/mol. The fourth-order valence-corrected chi connectivity index (χ4v) is 7.62. The van der Waals surface area contributed by atoms with Gasteiger partial charge in [0.2, 0.25) is 0 Å². The van der Waals surface area contributed by atoms with Crippen molar-refractivity contribution in [3.05, 3.63) is 217 Å². The summed E-state index contributed by atoms with van der Waals surface area (Å²) in [5, 5.41) is 7.25. The van der Waals surface area contributed by atoms with E-state index in [9.17, 15) is 0 Å². The second-order valence-corrected chi connectivity index (χ2v) is 13.8. The van der Waals surface area contributed by atoms with Gasteiger partial charge in [-0.25, -0.2) is 0 Å². The maximum atomic E-state index is 6.72. The van der Waals surface area contributed by atoms with Crippen molar-refractivity contribution in [2.45, 2.75) is 13.3 Å². The van der Waals surface area contributed by atoms with Crippen LogP contribution in [0.25, 0.3) is 76.9 Å². The van der Waals surface area contributed by atoms with Crippen LogP contribution in [0.3, 0.4) is 0 Å². The Bertz CT molecular complexity index is 2840. The van der Waals surface area contributed by atoms with E-state index >= 15 is 0 Å². The Hall–Kier alpha value is -6.70. The number of benzene rings is 9. The second kappa shape index (κ2) is 14.1. The molecule has 1 nitrogen and oxygen atoms in total. The molecule has 0 atom stereocenters. The van der Waals surface area contributed by atoms with Crippen LogP contribution in [-0.4, -0.2) is 0 Å². The van der Waals surface area contributed by atoms with Gasteiger partial charge in [-0.1, -0.05) is 200 Å². The Morgan fingerprint density at radius 3 is 1.58 bits per heavy atom. The van der Waals surface area contributed by atoms with E-state index in [2.05, 4.69) is 201 Å². The van der Waals surface area contributed by atoms with Crippen LogP contribution in [0.5, 0.6) is 0 Å². The average molecular weight is 679 g/mol. The molecule has 0 N–H and O–H groups in total. The molecule has 53 heavy (non-hydrogen) atoms. The van der Waals surface area contributed by atoms with Crippen LogP contribution in [0.2, 0.25) is 0 Å². The molecule has 0 fully saturated rings. The van der Waals surface area contributed by atoms with Gasteiger partial charge >= 0.3 is 0 Å². The van der Waals surface area contributed by atoms with Gasteiger partial charge in [0.25, 0.3) is 0 Å². The summed E-state index contributed by atoms with van der Waals surface area (Å²) in [6.07, 6.45) is 0.996. The minimum Gasteiger partial charge on any atom is -0.455 e. The van der Waals surface area contributed by atoms with Crippen LogP contribution in [-0.2, 0) is 6.42 Å². The third kappa shape index (κ3) is 6.39. The van der Waals surface area contributed by atoms with Crippen molar-refractivity contribution < 1.29 is 4.42 Å². The monoisotopic (exact) mass is 678 g/mol. The highest BCUT2D eigenvalue weighted by atomic mass is 16.3. The zero-order chi connectivity index (χ0) is 35.6. The first-order valence-electron chi connectivity index (χ1n) is 18.3. The highest BCUT2D eigenvalue weighted by Gasteiger charge is 2.18. The zero-order valence-corrected chi connectivity index (χ0v) is 29.7. The molecule has 0 spiro atoms. The van der Waals surface area contributed by atoms with Crippen molar-refractivity contribution in [3.8, 4) is 33.4 Å². The van der Waals surface area contributed by atoms with Gasteiger partial charge < -0.3 is 4.42 Å². The molecule has 252 valence electrons. The molecule has 0 saturated carbocycles. The molecule has 1 aromatic heterocycles. The molecule has 0 amide bonds. The lowest BCUT2D eigenvalue weighted by Crippen LogP contribution is -1.87. The minimum absolute atomic E-state index is 0.945. The van der Waals surface area contributed by atoms with E-state index in [4.69, 9.17) is 4.42 Å². The quantitative estimate of drug-likeness (QED) is 0.165. The number of rotatable bonds is 5. The summed E-state index contributed by atoms with van der Waals surface area (Å²) in [5.74, 6) is 0. The third-order valence-corrected chi connectivity index (χ3v) is 10.2. The van der Waals surface area contributed by atoms with Crippen molar-refractivity contribution >= 4 is 43.5 Å². The number of hydrogen-bond donors (Lipinski definition) is 0. The standard InChI is InChI=1S/C33H22O.C19H16/c1-21-9-6-10-22(19-21)23-11-7-12-24(20-23)25-17-8-18-30-31-28-15-4-2-13-26(28)27-14-3-5-16-29(27)33(31)34-32(25)30;1-3-7-16(8-4-1)15-17-11-13-19(14-12-17)18-9-5-2-6-10-18/h2-20H,1H3;1-14H,15H2. The third-order valence-electron chi connectivity index (χ3n) is 10.2. The largest absolute Gasteiger partial charge is 0.455 e. The molecule has 0 unspecified atom stereocenters. The van der Waals surface area contributed by atoms with E-state index in [1.807, 2.05) is 6.07 Å². The normalized spacial score (nSPS) is 11.2. The average Bonchev–Trinajstić information content (AvgIpc) is 3.63. The Kier molecular flexibility index (Phi) is 8.60. The lowest BCUT2D eigenvalue weighted by molar-refractivity contribution is 0.674. The van der Waals surface area contributed by atoms with Crippen LogP contribution >= 0.6 is 0 Å². The highest BCUT2D eigenvalue weighted by molar-refractivity contribution is 6.30. The van der Waals surface area contributed by atoms with Crippen molar-refractivity contribution in [2.24, 2.45) is 0 Å². The summed E-state index contributed by atoms with van der Waals surface area (Å²) in [5.41, 5.74) is 13.2. The van der Waals surface area contributed by atoms with Crippen LogP contribution in [0.15, 0.2) is 205 Å². The fraction of sp³-hybridized carbons (Fsp3) is 0.0385. The maximum Gasteiger partial charge on any atom is 0.143 e. The van der Waals surface area contributed by atoms with Crippen molar-refractivity contribution in [2.75, 3.05) is 0 Å². The Morgan fingerprint density at radius 2 is 0.849 bits per heavy atom. The van der Waals surface area contributed by atoms with Crippen molar-refractivity contribution in [3.63, 3.8) is 0 Å². The van der Waals surface area contributed by atoms with Gasteiger partial charge in [0, 0.05) is 21.7 Å². The lowest BCUT2D eigenvalue weighted by Gasteiger charge is -2.07. The van der Waals surface area contributed by atoms with Crippen molar-refractivity contribution in [1.29, 1.82) is 0 Å². The molecule has 10 aromatic rings. The molecular weight excluding hydrogens is 641 g/mol. The van der Waals surface area contributed by atoms with E-state index in [1.165, 1.54) is 60.5 Å². The molecule has 10 rings (SSSR count). The predicted octanol–water partition coefficient (Wildman–Crippen LogP) is 14.5. The van der Waals surface area contributed by atoms with E-state index in [0.717, 1.165) is 39.5 Å². The smallest absolute Gasteiger partial charge is 0.143 e. The first-order chi connectivity index (χ1) is 26.2. The Labute approximate surface area is 310 Å². The van der Waals surface area contributed by atoms with Crippen LogP contribution < -0.4 is 0 Å². The van der Waals surface area contributed by atoms with Gasteiger partial charge in [-0.2, -0.15) is 0 Å². The minimum atomic E-state index is 0.945. The molecule has 0 bridgehead atoms. The highest BCUT2D eigenvalue weighted by Crippen LogP contribution is 2.43. The fourth-order valence-electron chi connectivity index (χ4n) is 7.62.